The van der Waals surface area contributed by atoms with Crippen LogP contribution in [0.25, 0.3) is 0 Å². The van der Waals surface area contributed by atoms with Crippen LogP contribution in [0, 0.1) is 10.1 Å². The number of para-hydroxylation sites is 2. The molecule has 35 heavy (non-hydrogen) atoms. The number of carbonyl (C=O) groups excluding carboxylic acids is 1. The summed E-state index contributed by atoms with van der Waals surface area (Å²) in [7, 11) is -0.0639. The molecule has 0 aliphatic rings. The van der Waals surface area contributed by atoms with Crippen molar-refractivity contribution in [3.8, 4) is 17.2 Å². The summed E-state index contributed by atoms with van der Waals surface area (Å²) >= 11 is 0. The van der Waals surface area contributed by atoms with Crippen molar-refractivity contribution in [1.29, 1.82) is 0 Å². The van der Waals surface area contributed by atoms with E-state index in [0.717, 1.165) is 10.4 Å². The van der Waals surface area contributed by atoms with Crippen LogP contribution in [0.3, 0.4) is 0 Å². The zero-order valence-corrected chi connectivity index (χ0v) is 19.9. The zero-order valence-electron chi connectivity index (χ0n) is 19.1. The number of nitrogens with zero attached hydrogens (tertiary/aromatic N) is 2. The molecule has 1 amide bonds. The van der Waals surface area contributed by atoms with Crippen LogP contribution in [0.2, 0.25) is 0 Å². The second-order valence-corrected chi connectivity index (χ2v) is 8.91. The van der Waals surface area contributed by atoms with Gasteiger partial charge in [-0.15, -0.1) is 0 Å². The molecule has 0 aromatic heterocycles. The molecule has 0 unspecified atom stereocenters. The van der Waals surface area contributed by atoms with Crippen LogP contribution in [0.5, 0.6) is 17.2 Å². The molecule has 11 nitrogen and oxygen atoms in total. The van der Waals surface area contributed by atoms with Crippen LogP contribution < -0.4 is 23.8 Å². The topological polar surface area (TPSA) is 137 Å². The number of anilines is 2. The molecule has 0 aliphatic heterocycles. The number of benzene rings is 3. The molecule has 12 heteroatoms. The summed E-state index contributed by atoms with van der Waals surface area (Å²) in [5, 5.41) is 13.6. The van der Waals surface area contributed by atoms with Gasteiger partial charge in [-0.3, -0.25) is 19.2 Å². The zero-order chi connectivity index (χ0) is 25.6. The molecule has 3 rings (SSSR count). The van der Waals surface area contributed by atoms with Gasteiger partial charge >= 0.3 is 0 Å². The van der Waals surface area contributed by atoms with E-state index in [1.165, 1.54) is 63.8 Å². The van der Waals surface area contributed by atoms with Gasteiger partial charge in [0.05, 0.1) is 42.5 Å². The Bertz CT molecular complexity index is 1330. The third kappa shape index (κ3) is 5.61. The van der Waals surface area contributed by atoms with Crippen LogP contribution in [0.4, 0.5) is 17.1 Å². The summed E-state index contributed by atoms with van der Waals surface area (Å²) < 4.78 is 43.7. The van der Waals surface area contributed by atoms with Crippen LogP contribution in [0.15, 0.2) is 71.6 Å². The molecule has 0 atom stereocenters. The molecule has 3 aromatic rings. The maximum absolute atomic E-state index is 13.6. The number of amides is 1. The van der Waals surface area contributed by atoms with Gasteiger partial charge in [0.2, 0.25) is 5.91 Å². The molecule has 0 aliphatic carbocycles. The molecule has 0 spiro atoms. The lowest BCUT2D eigenvalue weighted by Crippen LogP contribution is -2.38. The van der Waals surface area contributed by atoms with Crippen molar-refractivity contribution in [3.63, 3.8) is 0 Å². The number of carbonyl (C=O) groups is 1. The summed E-state index contributed by atoms with van der Waals surface area (Å²) in [6, 6.07) is 15.7. The van der Waals surface area contributed by atoms with Crippen LogP contribution in [-0.2, 0) is 14.8 Å². The molecule has 0 fully saturated rings. The number of ether oxygens (including phenoxy) is 3. The average Bonchev–Trinajstić information content (AvgIpc) is 2.87. The fourth-order valence-electron chi connectivity index (χ4n) is 3.24. The summed E-state index contributed by atoms with van der Waals surface area (Å²) in [6.07, 6.45) is 0. The van der Waals surface area contributed by atoms with E-state index in [-0.39, 0.29) is 33.5 Å². The van der Waals surface area contributed by atoms with Crippen molar-refractivity contribution < 1.29 is 32.3 Å². The normalized spacial score (nSPS) is 10.8. The summed E-state index contributed by atoms with van der Waals surface area (Å²) in [6.45, 7) is -0.652. The fraction of sp³-hybridized carbons (Fsp3) is 0.174. The minimum Gasteiger partial charge on any atom is -0.497 e. The number of rotatable bonds is 10. The van der Waals surface area contributed by atoms with Gasteiger partial charge in [0.1, 0.15) is 23.8 Å². The van der Waals surface area contributed by atoms with Gasteiger partial charge in [0.15, 0.2) is 0 Å². The maximum atomic E-state index is 13.6. The van der Waals surface area contributed by atoms with Gasteiger partial charge in [-0.05, 0) is 42.5 Å². The molecule has 0 heterocycles. The summed E-state index contributed by atoms with van der Waals surface area (Å²) in [5.41, 5.74) is -0.117. The number of nitro groups is 1. The SMILES string of the molecule is COc1ccc(S(=O)(=O)N(CC(=O)Nc2cc([N+](=O)[O-])ccc2OC)c2ccccc2OC)cc1. The molecule has 0 radical (unpaired) electrons. The van der Waals surface area contributed by atoms with E-state index in [4.69, 9.17) is 14.2 Å². The Morgan fingerprint density at radius 1 is 0.943 bits per heavy atom. The first-order chi connectivity index (χ1) is 16.7. The number of non-ortho nitro benzene ring substituents is 1. The predicted molar refractivity (Wildman–Crippen MR) is 129 cm³/mol. The fourth-order valence-corrected chi connectivity index (χ4v) is 4.67. The molecular formula is C23H23N3O8S. The molecule has 3 aromatic carbocycles. The minimum atomic E-state index is -4.24. The van der Waals surface area contributed by atoms with Gasteiger partial charge in [-0.1, -0.05) is 12.1 Å². The van der Waals surface area contributed by atoms with Crippen molar-refractivity contribution in [3.05, 3.63) is 76.8 Å². The third-order valence-corrected chi connectivity index (χ3v) is 6.73. The number of sulfonamides is 1. The Kier molecular flexibility index (Phi) is 7.76. The number of nitrogens with one attached hydrogen (secondary N) is 1. The molecule has 1 N–H and O–H groups in total. The second-order valence-electron chi connectivity index (χ2n) is 7.05. The molecule has 0 saturated carbocycles. The van der Waals surface area contributed by atoms with Crippen LogP contribution in [0.1, 0.15) is 0 Å². The van der Waals surface area contributed by atoms with Gasteiger partial charge in [0.25, 0.3) is 15.7 Å². The smallest absolute Gasteiger partial charge is 0.271 e. The second kappa shape index (κ2) is 10.7. The predicted octanol–water partition coefficient (Wildman–Crippen LogP) is 3.45. The number of hydrogen-bond acceptors (Lipinski definition) is 8. The Morgan fingerprint density at radius 2 is 1.60 bits per heavy atom. The van der Waals surface area contributed by atoms with E-state index < -0.39 is 27.4 Å². The highest BCUT2D eigenvalue weighted by Crippen LogP contribution is 2.33. The van der Waals surface area contributed by atoms with Gasteiger partial charge in [-0.2, -0.15) is 0 Å². The van der Waals surface area contributed by atoms with Crippen molar-refractivity contribution in [2.24, 2.45) is 0 Å². The minimum absolute atomic E-state index is 0.0218. The Balaban J connectivity index is 2.01. The van der Waals surface area contributed by atoms with E-state index in [1.807, 2.05) is 0 Å². The lowest BCUT2D eigenvalue weighted by Gasteiger charge is -2.25. The molecular weight excluding hydrogens is 478 g/mol. The molecule has 184 valence electrons. The third-order valence-electron chi connectivity index (χ3n) is 4.96. The van der Waals surface area contributed by atoms with E-state index in [2.05, 4.69) is 5.32 Å². The average molecular weight is 502 g/mol. The first-order valence-corrected chi connectivity index (χ1v) is 11.6. The van der Waals surface area contributed by atoms with E-state index in [0.29, 0.717) is 5.75 Å². The van der Waals surface area contributed by atoms with Gasteiger partial charge in [0, 0.05) is 12.1 Å². The van der Waals surface area contributed by atoms with Crippen molar-refractivity contribution in [2.45, 2.75) is 4.90 Å². The highest BCUT2D eigenvalue weighted by Gasteiger charge is 2.30. The first kappa shape index (κ1) is 25.3. The first-order valence-electron chi connectivity index (χ1n) is 10.1. The lowest BCUT2D eigenvalue weighted by molar-refractivity contribution is -0.384. The standard InChI is InChI=1S/C23H23N3O8S/c1-32-17-9-11-18(12-10-17)35(30,31)25(20-6-4-5-7-22(20)34-3)15-23(27)24-19-14-16(26(28)29)8-13-21(19)33-2/h4-14H,15H2,1-3H3,(H,24,27). The van der Waals surface area contributed by atoms with Gasteiger partial charge in [-0.25, -0.2) is 8.42 Å². The van der Waals surface area contributed by atoms with Crippen LogP contribution in [-0.4, -0.2) is 47.1 Å². The summed E-state index contributed by atoms with van der Waals surface area (Å²) in [4.78, 5) is 23.5. The molecule has 0 saturated heterocycles. The Labute approximate surface area is 202 Å². The lowest BCUT2D eigenvalue weighted by atomic mass is 10.2. The van der Waals surface area contributed by atoms with E-state index in [1.54, 1.807) is 18.2 Å². The highest BCUT2D eigenvalue weighted by atomic mass is 32.2. The van der Waals surface area contributed by atoms with E-state index >= 15 is 0 Å². The number of nitro benzene ring substituents is 1. The Hall–Kier alpha value is -4.32. The summed E-state index contributed by atoms with van der Waals surface area (Å²) in [5.74, 6) is 0.103. The van der Waals surface area contributed by atoms with Crippen molar-refractivity contribution >= 4 is 33.0 Å². The van der Waals surface area contributed by atoms with Crippen molar-refractivity contribution in [1.82, 2.24) is 0 Å². The monoisotopic (exact) mass is 501 g/mol. The van der Waals surface area contributed by atoms with Gasteiger partial charge < -0.3 is 19.5 Å². The van der Waals surface area contributed by atoms with Crippen molar-refractivity contribution in [2.75, 3.05) is 37.5 Å². The molecule has 0 bridgehead atoms. The Morgan fingerprint density at radius 3 is 2.20 bits per heavy atom. The van der Waals surface area contributed by atoms with E-state index in [9.17, 15) is 23.3 Å². The number of methoxy groups -OCH3 is 3. The number of hydrogen-bond donors (Lipinski definition) is 1. The largest absolute Gasteiger partial charge is 0.497 e. The van der Waals surface area contributed by atoms with Crippen LogP contribution >= 0.6 is 0 Å². The highest BCUT2D eigenvalue weighted by molar-refractivity contribution is 7.92. The maximum Gasteiger partial charge on any atom is 0.271 e. The quantitative estimate of drug-likeness (QED) is 0.329.